The Labute approximate surface area is 118 Å². The molecule has 0 spiro atoms. The highest BCUT2D eigenvalue weighted by atomic mass is 79.9. The van der Waals surface area contributed by atoms with Crippen molar-refractivity contribution in [2.75, 3.05) is 0 Å². The minimum Gasteiger partial charge on any atom is -0.392 e. The van der Waals surface area contributed by atoms with Crippen molar-refractivity contribution in [2.45, 2.75) is 6.61 Å². The predicted molar refractivity (Wildman–Crippen MR) is 73.4 cm³/mol. The fraction of sp³-hybridized carbons (Fsp3) is 0.0667. The molecule has 0 heterocycles. The van der Waals surface area contributed by atoms with E-state index in [1.165, 1.54) is 0 Å². The smallest absolute Gasteiger partial charge is 0.195 e. The van der Waals surface area contributed by atoms with Gasteiger partial charge in [0.15, 0.2) is 11.6 Å². The largest absolute Gasteiger partial charge is 0.392 e. The van der Waals surface area contributed by atoms with Crippen LogP contribution >= 0.6 is 15.9 Å². The van der Waals surface area contributed by atoms with Crippen LogP contribution in [-0.4, -0.2) is 16.7 Å². The van der Waals surface area contributed by atoms with Crippen molar-refractivity contribution in [3.8, 4) is 0 Å². The first-order valence-corrected chi connectivity index (χ1v) is 6.55. The summed E-state index contributed by atoms with van der Waals surface area (Å²) in [5.74, 6) is -0.345. The third-order valence-corrected chi connectivity index (χ3v) is 4.19. The summed E-state index contributed by atoms with van der Waals surface area (Å²) in [6.07, 6.45) is 0. The molecule has 2 aromatic rings. The molecular formula is C15H9BrO3. The van der Waals surface area contributed by atoms with Crippen LogP contribution < -0.4 is 0 Å². The van der Waals surface area contributed by atoms with Gasteiger partial charge in [-0.25, -0.2) is 0 Å². The van der Waals surface area contributed by atoms with Crippen molar-refractivity contribution in [3.05, 3.63) is 68.7 Å². The molecule has 3 nitrogen and oxygen atoms in total. The van der Waals surface area contributed by atoms with E-state index in [-0.39, 0.29) is 18.2 Å². The number of benzene rings is 2. The topological polar surface area (TPSA) is 54.4 Å². The number of carbonyl (C=O) groups excluding carboxylic acids is 2. The molecule has 2 aromatic carbocycles. The van der Waals surface area contributed by atoms with Gasteiger partial charge in [-0.1, -0.05) is 30.3 Å². The monoisotopic (exact) mass is 316 g/mol. The first kappa shape index (κ1) is 12.3. The van der Waals surface area contributed by atoms with E-state index in [1.807, 2.05) is 0 Å². The normalized spacial score (nSPS) is 13.2. The van der Waals surface area contributed by atoms with E-state index in [4.69, 9.17) is 0 Å². The number of hydrogen-bond donors (Lipinski definition) is 1. The molecule has 0 aliphatic heterocycles. The van der Waals surface area contributed by atoms with Gasteiger partial charge < -0.3 is 5.11 Å². The van der Waals surface area contributed by atoms with Gasteiger partial charge in [0.2, 0.25) is 0 Å². The molecule has 1 aliphatic rings. The summed E-state index contributed by atoms with van der Waals surface area (Å²) in [6, 6.07) is 10.0. The summed E-state index contributed by atoms with van der Waals surface area (Å²) in [4.78, 5) is 24.8. The standard InChI is InChI=1S/C15H9BrO3/c16-13-8(7-17)5-6-11-12(13)15(19)10-4-2-1-3-9(10)14(11)18/h1-6,17H,7H2. The Kier molecular flexibility index (Phi) is 2.84. The van der Waals surface area contributed by atoms with Crippen LogP contribution in [0.25, 0.3) is 0 Å². The number of rotatable bonds is 1. The third kappa shape index (κ3) is 1.68. The van der Waals surface area contributed by atoms with Gasteiger partial charge in [0.05, 0.1) is 6.61 Å². The molecule has 0 saturated carbocycles. The predicted octanol–water partition coefficient (Wildman–Crippen LogP) is 2.72. The molecule has 0 amide bonds. The van der Waals surface area contributed by atoms with Crippen LogP contribution in [0.2, 0.25) is 0 Å². The summed E-state index contributed by atoms with van der Waals surface area (Å²) >= 11 is 3.31. The van der Waals surface area contributed by atoms with Gasteiger partial charge >= 0.3 is 0 Å². The zero-order chi connectivity index (χ0) is 13.6. The minimum absolute atomic E-state index is 0.157. The lowest BCUT2D eigenvalue weighted by Crippen LogP contribution is -2.21. The molecule has 19 heavy (non-hydrogen) atoms. The number of fused-ring (bicyclic) bond motifs is 2. The maximum atomic E-state index is 12.5. The van der Waals surface area contributed by atoms with E-state index >= 15 is 0 Å². The van der Waals surface area contributed by atoms with E-state index in [9.17, 15) is 14.7 Å². The van der Waals surface area contributed by atoms with Crippen LogP contribution in [-0.2, 0) is 6.61 Å². The highest BCUT2D eigenvalue weighted by molar-refractivity contribution is 9.10. The van der Waals surface area contributed by atoms with Gasteiger partial charge in [-0.05, 0) is 27.6 Å². The van der Waals surface area contributed by atoms with Crippen LogP contribution in [0.5, 0.6) is 0 Å². The molecule has 0 fully saturated rings. The second-order valence-electron chi connectivity index (χ2n) is 4.32. The van der Waals surface area contributed by atoms with Crippen LogP contribution in [0, 0.1) is 0 Å². The SMILES string of the molecule is O=C1c2ccccc2C(=O)c2c1ccc(CO)c2Br. The molecule has 3 rings (SSSR count). The summed E-state index contributed by atoms with van der Waals surface area (Å²) in [7, 11) is 0. The lowest BCUT2D eigenvalue weighted by atomic mass is 9.83. The first-order chi connectivity index (χ1) is 9.15. The molecule has 0 aromatic heterocycles. The third-order valence-electron chi connectivity index (χ3n) is 3.28. The summed E-state index contributed by atoms with van der Waals surface area (Å²) in [5.41, 5.74) is 2.17. The molecule has 0 saturated heterocycles. The van der Waals surface area contributed by atoms with Gasteiger partial charge in [-0.2, -0.15) is 0 Å². The average Bonchev–Trinajstić information content (AvgIpc) is 2.44. The number of hydrogen-bond acceptors (Lipinski definition) is 3. The molecule has 0 bridgehead atoms. The summed E-state index contributed by atoms with van der Waals surface area (Å²) < 4.78 is 0.500. The number of halogens is 1. The molecule has 4 heteroatoms. The fourth-order valence-corrected chi connectivity index (χ4v) is 2.96. The number of carbonyl (C=O) groups is 2. The zero-order valence-corrected chi connectivity index (χ0v) is 11.4. The summed E-state index contributed by atoms with van der Waals surface area (Å²) in [6.45, 7) is -0.184. The quantitative estimate of drug-likeness (QED) is 0.751. The zero-order valence-electron chi connectivity index (χ0n) is 9.81. The lowest BCUT2D eigenvalue weighted by molar-refractivity contribution is 0.0978. The van der Waals surface area contributed by atoms with Gasteiger partial charge in [-0.15, -0.1) is 0 Å². The molecule has 1 aliphatic carbocycles. The van der Waals surface area contributed by atoms with E-state index in [1.54, 1.807) is 36.4 Å². The Balaban J connectivity index is 2.33. The first-order valence-electron chi connectivity index (χ1n) is 5.76. The average molecular weight is 317 g/mol. The van der Waals surface area contributed by atoms with Gasteiger partial charge in [0, 0.05) is 26.7 Å². The van der Waals surface area contributed by atoms with E-state index in [0.29, 0.717) is 32.3 Å². The maximum Gasteiger partial charge on any atom is 0.195 e. The second kappa shape index (κ2) is 4.40. The highest BCUT2D eigenvalue weighted by Crippen LogP contribution is 2.33. The van der Waals surface area contributed by atoms with Crippen LogP contribution in [0.15, 0.2) is 40.9 Å². The van der Waals surface area contributed by atoms with Crippen molar-refractivity contribution >= 4 is 27.5 Å². The molecule has 94 valence electrons. The molecule has 0 atom stereocenters. The number of aliphatic hydroxyl groups is 1. The number of ketones is 2. The fourth-order valence-electron chi connectivity index (χ4n) is 2.31. The minimum atomic E-state index is -0.188. The van der Waals surface area contributed by atoms with Crippen LogP contribution in [0.1, 0.15) is 37.4 Å². The van der Waals surface area contributed by atoms with Gasteiger partial charge in [0.1, 0.15) is 0 Å². The van der Waals surface area contributed by atoms with E-state index in [2.05, 4.69) is 15.9 Å². The second-order valence-corrected chi connectivity index (χ2v) is 5.12. The molecule has 1 N–H and O–H groups in total. The van der Waals surface area contributed by atoms with Crippen molar-refractivity contribution in [2.24, 2.45) is 0 Å². The maximum absolute atomic E-state index is 12.5. The Morgan fingerprint density at radius 2 is 1.53 bits per heavy atom. The van der Waals surface area contributed by atoms with Crippen molar-refractivity contribution in [1.29, 1.82) is 0 Å². The van der Waals surface area contributed by atoms with E-state index in [0.717, 1.165) is 0 Å². The van der Waals surface area contributed by atoms with Crippen molar-refractivity contribution in [1.82, 2.24) is 0 Å². The number of aliphatic hydroxyl groups excluding tert-OH is 1. The Morgan fingerprint density at radius 1 is 0.895 bits per heavy atom. The highest BCUT2D eigenvalue weighted by Gasteiger charge is 2.31. The van der Waals surface area contributed by atoms with E-state index < -0.39 is 0 Å². The van der Waals surface area contributed by atoms with Gasteiger partial charge in [0.25, 0.3) is 0 Å². The molecular weight excluding hydrogens is 308 g/mol. The molecule has 0 radical (unpaired) electrons. The van der Waals surface area contributed by atoms with Crippen molar-refractivity contribution < 1.29 is 14.7 Å². The summed E-state index contributed by atoms with van der Waals surface area (Å²) in [5, 5.41) is 9.24. The Hall–Kier alpha value is -1.78. The Morgan fingerprint density at radius 3 is 2.16 bits per heavy atom. The van der Waals surface area contributed by atoms with Crippen LogP contribution in [0.3, 0.4) is 0 Å². The Bertz CT molecular complexity index is 719. The van der Waals surface area contributed by atoms with Crippen LogP contribution in [0.4, 0.5) is 0 Å². The van der Waals surface area contributed by atoms with Crippen molar-refractivity contribution in [3.63, 3.8) is 0 Å². The van der Waals surface area contributed by atoms with Gasteiger partial charge in [-0.3, -0.25) is 9.59 Å². The molecule has 0 unspecified atom stereocenters. The lowest BCUT2D eigenvalue weighted by Gasteiger charge is -2.19.